The standard InChI is InChI=1S/C26H40N2O6.2ClH/c1-25(2,27-13-23(33)17-5-7-21(31)19(11-17)15-29)9-10-26(3,4)28-14-24(34)18-6-8-22(32)20(12-18)16-30;;/h5-8,11-12,23-24,27-34H,9-10,13-16H2,1-4H3;2*1H. The van der Waals surface area contributed by atoms with Crippen LogP contribution in [0.25, 0.3) is 0 Å². The normalized spacial score (nSPS) is 13.4. The monoisotopic (exact) mass is 548 g/mol. The van der Waals surface area contributed by atoms with Crippen LogP contribution in [0.1, 0.15) is 75.0 Å². The first-order chi connectivity index (χ1) is 15.9. The van der Waals surface area contributed by atoms with Gasteiger partial charge in [-0.25, -0.2) is 0 Å². The topological polar surface area (TPSA) is 145 Å². The molecule has 2 aromatic carbocycles. The molecule has 2 rings (SSSR count). The van der Waals surface area contributed by atoms with Crippen molar-refractivity contribution in [3.63, 3.8) is 0 Å². The molecule has 0 bridgehead atoms. The largest absolute Gasteiger partial charge is 0.508 e. The van der Waals surface area contributed by atoms with E-state index in [0.29, 0.717) is 35.3 Å². The number of rotatable bonds is 13. The Hall–Kier alpha value is -1.62. The number of aliphatic hydroxyl groups is 4. The Morgan fingerprint density at radius 1 is 0.667 bits per heavy atom. The lowest BCUT2D eigenvalue weighted by atomic mass is 9.89. The molecular formula is C26H42Cl2N2O6. The summed E-state index contributed by atoms with van der Waals surface area (Å²) in [5.74, 6) is 0.0108. The van der Waals surface area contributed by atoms with Crippen LogP contribution < -0.4 is 10.6 Å². The van der Waals surface area contributed by atoms with Crippen LogP contribution in [-0.4, -0.2) is 54.8 Å². The molecule has 0 heterocycles. The third-order valence-corrected chi connectivity index (χ3v) is 6.24. The maximum atomic E-state index is 10.5. The van der Waals surface area contributed by atoms with Crippen LogP contribution in [-0.2, 0) is 13.2 Å². The Balaban J connectivity index is 0.00000612. The first-order valence-corrected chi connectivity index (χ1v) is 11.6. The summed E-state index contributed by atoms with van der Waals surface area (Å²) in [5, 5.41) is 65.9. The molecule has 10 heteroatoms. The summed E-state index contributed by atoms with van der Waals surface area (Å²) < 4.78 is 0. The summed E-state index contributed by atoms with van der Waals surface area (Å²) >= 11 is 0. The Kier molecular flexibility index (Phi) is 14.3. The lowest BCUT2D eigenvalue weighted by Crippen LogP contribution is -2.46. The number of benzene rings is 2. The minimum absolute atomic E-state index is 0. The highest BCUT2D eigenvalue weighted by molar-refractivity contribution is 5.85. The molecule has 0 saturated heterocycles. The number of hydrogen-bond acceptors (Lipinski definition) is 8. The van der Waals surface area contributed by atoms with E-state index in [4.69, 9.17) is 0 Å². The zero-order chi connectivity index (χ0) is 25.5. The van der Waals surface area contributed by atoms with Crippen LogP contribution in [0.2, 0.25) is 0 Å². The van der Waals surface area contributed by atoms with Gasteiger partial charge in [0.15, 0.2) is 0 Å². The second-order valence-electron chi connectivity index (χ2n) is 10.2. The molecule has 0 radical (unpaired) electrons. The average Bonchev–Trinajstić information content (AvgIpc) is 2.80. The fourth-order valence-corrected chi connectivity index (χ4v) is 3.66. The third kappa shape index (κ3) is 10.4. The number of β-amino-alcohol motifs (C(OH)–C–C–N with tert-alkyl or cyclic N) is 2. The van der Waals surface area contributed by atoms with Crippen molar-refractivity contribution < 1.29 is 30.6 Å². The number of aromatic hydroxyl groups is 2. The molecule has 0 fully saturated rings. The van der Waals surface area contributed by atoms with Gasteiger partial charge < -0.3 is 41.3 Å². The van der Waals surface area contributed by atoms with Gasteiger partial charge in [-0.1, -0.05) is 12.1 Å². The first kappa shape index (κ1) is 34.4. The fraction of sp³-hybridized carbons (Fsp3) is 0.538. The van der Waals surface area contributed by atoms with E-state index in [1.807, 2.05) is 0 Å². The zero-order valence-electron chi connectivity index (χ0n) is 21.4. The molecule has 0 amide bonds. The minimum Gasteiger partial charge on any atom is -0.508 e. The summed E-state index contributed by atoms with van der Waals surface area (Å²) in [5.41, 5.74) is 1.49. The third-order valence-electron chi connectivity index (χ3n) is 6.24. The Morgan fingerprint density at radius 2 is 1.00 bits per heavy atom. The summed E-state index contributed by atoms with van der Waals surface area (Å²) in [4.78, 5) is 0. The predicted molar refractivity (Wildman–Crippen MR) is 146 cm³/mol. The molecule has 2 unspecified atom stereocenters. The highest BCUT2D eigenvalue weighted by atomic mass is 35.5. The SMILES string of the molecule is CC(C)(CCC(C)(C)NCC(O)c1ccc(O)c(CO)c1)NCC(O)c1ccc(O)c(CO)c1.Cl.Cl. The minimum atomic E-state index is -0.777. The van der Waals surface area contributed by atoms with Crippen molar-refractivity contribution in [1.29, 1.82) is 0 Å². The molecule has 2 atom stereocenters. The van der Waals surface area contributed by atoms with E-state index in [2.05, 4.69) is 38.3 Å². The van der Waals surface area contributed by atoms with Crippen LogP contribution in [0.5, 0.6) is 11.5 Å². The van der Waals surface area contributed by atoms with E-state index < -0.39 is 12.2 Å². The van der Waals surface area contributed by atoms with Gasteiger partial charge in [-0.05, 0) is 75.9 Å². The van der Waals surface area contributed by atoms with E-state index in [1.54, 1.807) is 24.3 Å². The van der Waals surface area contributed by atoms with E-state index >= 15 is 0 Å². The molecule has 8 nitrogen and oxygen atoms in total. The van der Waals surface area contributed by atoms with Crippen LogP contribution in [0.3, 0.4) is 0 Å². The van der Waals surface area contributed by atoms with Gasteiger partial charge in [-0.15, -0.1) is 24.8 Å². The summed E-state index contributed by atoms with van der Waals surface area (Å²) in [6, 6.07) is 9.43. The van der Waals surface area contributed by atoms with Crippen LogP contribution in [0.15, 0.2) is 36.4 Å². The molecule has 0 aliphatic heterocycles. The first-order valence-electron chi connectivity index (χ1n) is 11.6. The number of phenols is 2. The van der Waals surface area contributed by atoms with Crippen molar-refractivity contribution in [1.82, 2.24) is 10.6 Å². The zero-order valence-corrected chi connectivity index (χ0v) is 23.0. The number of nitrogens with one attached hydrogen (secondary N) is 2. The number of hydrogen-bond donors (Lipinski definition) is 8. The van der Waals surface area contributed by atoms with E-state index in [9.17, 15) is 30.6 Å². The molecule has 0 aliphatic rings. The van der Waals surface area contributed by atoms with Crippen LogP contribution >= 0.6 is 24.8 Å². The van der Waals surface area contributed by atoms with Gasteiger partial charge in [0, 0.05) is 35.3 Å². The van der Waals surface area contributed by atoms with Crippen LogP contribution in [0, 0.1) is 0 Å². The molecular weight excluding hydrogens is 507 g/mol. The van der Waals surface area contributed by atoms with Gasteiger partial charge in [0.25, 0.3) is 0 Å². The maximum Gasteiger partial charge on any atom is 0.121 e. The van der Waals surface area contributed by atoms with Gasteiger partial charge in [-0.3, -0.25) is 0 Å². The molecule has 2 aromatic rings. The van der Waals surface area contributed by atoms with Crippen molar-refractivity contribution in [2.24, 2.45) is 0 Å². The van der Waals surface area contributed by atoms with E-state index in [0.717, 1.165) is 12.8 Å². The van der Waals surface area contributed by atoms with Crippen LogP contribution in [0.4, 0.5) is 0 Å². The molecule has 0 aromatic heterocycles. The van der Waals surface area contributed by atoms with Crippen molar-refractivity contribution in [3.05, 3.63) is 58.7 Å². The van der Waals surface area contributed by atoms with E-state index in [-0.39, 0.29) is 60.6 Å². The number of halogens is 2. The smallest absolute Gasteiger partial charge is 0.121 e. The van der Waals surface area contributed by atoms with Gasteiger partial charge in [0.2, 0.25) is 0 Å². The molecule has 0 spiro atoms. The van der Waals surface area contributed by atoms with Gasteiger partial charge in [0.05, 0.1) is 25.4 Å². The number of aliphatic hydroxyl groups excluding tert-OH is 4. The average molecular weight is 550 g/mol. The lowest BCUT2D eigenvalue weighted by molar-refractivity contribution is 0.147. The summed E-state index contributed by atoms with van der Waals surface area (Å²) in [6.07, 6.45) is 0.0589. The Labute approximate surface area is 226 Å². The molecule has 8 N–H and O–H groups in total. The molecule has 0 aliphatic carbocycles. The van der Waals surface area contributed by atoms with E-state index in [1.165, 1.54) is 12.1 Å². The second kappa shape index (κ2) is 15.0. The van der Waals surface area contributed by atoms with Gasteiger partial charge in [-0.2, -0.15) is 0 Å². The second-order valence-corrected chi connectivity index (χ2v) is 10.2. The fourth-order valence-electron chi connectivity index (χ4n) is 3.66. The van der Waals surface area contributed by atoms with Crippen molar-refractivity contribution in [3.8, 4) is 11.5 Å². The molecule has 206 valence electrons. The maximum absolute atomic E-state index is 10.5. The summed E-state index contributed by atoms with van der Waals surface area (Å²) in [6.45, 7) is 8.31. The lowest BCUT2D eigenvalue weighted by Gasteiger charge is -2.34. The predicted octanol–water partition coefficient (Wildman–Crippen LogP) is 3.21. The van der Waals surface area contributed by atoms with Gasteiger partial charge >= 0.3 is 0 Å². The molecule has 36 heavy (non-hydrogen) atoms. The Bertz CT molecular complexity index is 867. The van der Waals surface area contributed by atoms with Gasteiger partial charge in [0.1, 0.15) is 11.5 Å². The van der Waals surface area contributed by atoms with Crippen molar-refractivity contribution in [2.45, 2.75) is 77.0 Å². The quantitative estimate of drug-likeness (QED) is 0.190. The highest BCUT2D eigenvalue weighted by Gasteiger charge is 2.25. The van der Waals surface area contributed by atoms with Crippen molar-refractivity contribution in [2.75, 3.05) is 13.1 Å². The Morgan fingerprint density at radius 3 is 1.31 bits per heavy atom. The molecule has 0 saturated carbocycles. The highest BCUT2D eigenvalue weighted by Crippen LogP contribution is 2.25. The summed E-state index contributed by atoms with van der Waals surface area (Å²) in [7, 11) is 0. The van der Waals surface area contributed by atoms with Crippen molar-refractivity contribution >= 4 is 24.8 Å².